The Morgan fingerprint density at radius 2 is 2.12 bits per heavy atom. The van der Waals surface area contributed by atoms with Gasteiger partial charge in [0.25, 0.3) is 0 Å². The third-order valence-corrected chi connectivity index (χ3v) is 3.61. The zero-order chi connectivity index (χ0) is 12.5. The van der Waals surface area contributed by atoms with E-state index in [4.69, 9.17) is 14.6 Å². The minimum absolute atomic E-state index is 0.198. The van der Waals surface area contributed by atoms with Gasteiger partial charge in [0.15, 0.2) is 0 Å². The summed E-state index contributed by atoms with van der Waals surface area (Å²) in [7, 11) is 0. The molecule has 2 rings (SSSR count). The van der Waals surface area contributed by atoms with Gasteiger partial charge >= 0.3 is 5.97 Å². The zero-order valence-corrected chi connectivity index (χ0v) is 10.5. The number of hydrogen-bond donors (Lipinski definition) is 1. The van der Waals surface area contributed by atoms with Crippen LogP contribution in [-0.2, 0) is 14.3 Å². The summed E-state index contributed by atoms with van der Waals surface area (Å²) in [4.78, 5) is 12.8. The number of carboxylic acid groups (broad SMARTS) is 1. The van der Waals surface area contributed by atoms with Crippen molar-refractivity contribution in [2.45, 2.75) is 44.4 Å². The van der Waals surface area contributed by atoms with Crippen molar-refractivity contribution in [2.24, 2.45) is 0 Å². The van der Waals surface area contributed by atoms with E-state index in [2.05, 4.69) is 4.90 Å². The van der Waals surface area contributed by atoms with Crippen molar-refractivity contribution in [1.29, 1.82) is 0 Å². The number of likely N-dealkylation sites (tertiary alicyclic amines) is 1. The Labute approximate surface area is 102 Å². The molecule has 1 saturated carbocycles. The molecule has 5 nitrogen and oxygen atoms in total. The lowest BCUT2D eigenvalue weighted by molar-refractivity contribution is -0.181. The Balaban J connectivity index is 1.64. The van der Waals surface area contributed by atoms with E-state index in [0.29, 0.717) is 12.1 Å². The van der Waals surface area contributed by atoms with Crippen LogP contribution in [0.1, 0.15) is 26.7 Å². The molecule has 17 heavy (non-hydrogen) atoms. The standard InChI is InChI=1S/C12H21NO4/c1-3-16-10-4-9(5-10)13-7-12(2,8-13)17-6-11(14)15/h9-10H,3-8H2,1-2H3,(H,14,15). The lowest BCUT2D eigenvalue weighted by Crippen LogP contribution is -2.67. The highest BCUT2D eigenvalue weighted by molar-refractivity contribution is 5.68. The van der Waals surface area contributed by atoms with Crippen molar-refractivity contribution in [1.82, 2.24) is 4.90 Å². The molecule has 0 aromatic carbocycles. The molecule has 5 heteroatoms. The van der Waals surface area contributed by atoms with Gasteiger partial charge in [0.05, 0.1) is 11.7 Å². The number of carbonyl (C=O) groups is 1. The summed E-state index contributed by atoms with van der Waals surface area (Å²) in [6.45, 7) is 6.26. The van der Waals surface area contributed by atoms with Crippen LogP contribution in [0.25, 0.3) is 0 Å². The summed E-state index contributed by atoms with van der Waals surface area (Å²) in [5.41, 5.74) is -0.269. The van der Waals surface area contributed by atoms with E-state index in [1.807, 2.05) is 13.8 Å². The maximum atomic E-state index is 10.4. The van der Waals surface area contributed by atoms with E-state index >= 15 is 0 Å². The molecule has 0 radical (unpaired) electrons. The van der Waals surface area contributed by atoms with Crippen molar-refractivity contribution in [3.63, 3.8) is 0 Å². The van der Waals surface area contributed by atoms with Gasteiger partial charge in [0.2, 0.25) is 0 Å². The second-order valence-electron chi connectivity index (χ2n) is 5.24. The van der Waals surface area contributed by atoms with E-state index < -0.39 is 5.97 Å². The maximum absolute atomic E-state index is 10.4. The molecule has 2 aliphatic rings. The van der Waals surface area contributed by atoms with Gasteiger partial charge in [-0.25, -0.2) is 4.79 Å². The zero-order valence-electron chi connectivity index (χ0n) is 10.5. The SMILES string of the molecule is CCOC1CC(N2CC(C)(OCC(=O)O)C2)C1. The highest BCUT2D eigenvalue weighted by Crippen LogP contribution is 2.35. The van der Waals surface area contributed by atoms with Gasteiger partial charge in [-0.2, -0.15) is 0 Å². The van der Waals surface area contributed by atoms with Gasteiger partial charge in [0.1, 0.15) is 6.61 Å². The first-order valence-electron chi connectivity index (χ1n) is 6.24. The first-order chi connectivity index (χ1) is 8.02. The number of ether oxygens (including phenoxy) is 2. The van der Waals surface area contributed by atoms with Gasteiger partial charge in [-0.05, 0) is 26.7 Å². The molecule has 1 saturated heterocycles. The molecule has 0 amide bonds. The van der Waals surface area contributed by atoms with E-state index in [-0.39, 0.29) is 12.2 Å². The number of carboxylic acids is 1. The largest absolute Gasteiger partial charge is 0.480 e. The average Bonchev–Trinajstić information content (AvgIpc) is 2.16. The van der Waals surface area contributed by atoms with E-state index in [0.717, 1.165) is 32.5 Å². The number of aliphatic carboxylic acids is 1. The second-order valence-corrected chi connectivity index (χ2v) is 5.24. The van der Waals surface area contributed by atoms with Crippen molar-refractivity contribution in [2.75, 3.05) is 26.3 Å². The van der Waals surface area contributed by atoms with Gasteiger partial charge in [0, 0.05) is 25.7 Å². The van der Waals surface area contributed by atoms with Crippen molar-refractivity contribution >= 4 is 5.97 Å². The summed E-state index contributed by atoms with van der Waals surface area (Å²) in [6, 6.07) is 0.605. The molecular formula is C12H21NO4. The number of hydrogen-bond acceptors (Lipinski definition) is 4. The van der Waals surface area contributed by atoms with Gasteiger partial charge < -0.3 is 14.6 Å². The van der Waals surface area contributed by atoms with E-state index in [9.17, 15) is 4.79 Å². The molecule has 0 unspecified atom stereocenters. The molecule has 0 aromatic rings. The topological polar surface area (TPSA) is 59.0 Å². The molecule has 0 spiro atoms. The second kappa shape index (κ2) is 4.92. The fraction of sp³-hybridized carbons (Fsp3) is 0.917. The third-order valence-electron chi connectivity index (χ3n) is 3.61. The van der Waals surface area contributed by atoms with E-state index in [1.165, 1.54) is 0 Å². The van der Waals surface area contributed by atoms with Gasteiger partial charge in [-0.15, -0.1) is 0 Å². The fourth-order valence-corrected chi connectivity index (χ4v) is 2.61. The summed E-state index contributed by atoms with van der Waals surface area (Å²) >= 11 is 0. The van der Waals surface area contributed by atoms with Gasteiger partial charge in [-0.1, -0.05) is 0 Å². The fourth-order valence-electron chi connectivity index (χ4n) is 2.61. The Bertz CT molecular complexity index is 282. The summed E-state index contributed by atoms with van der Waals surface area (Å²) in [5.74, 6) is -0.898. The lowest BCUT2D eigenvalue weighted by atomic mass is 9.82. The van der Waals surface area contributed by atoms with Crippen LogP contribution in [0.5, 0.6) is 0 Å². The molecule has 1 N–H and O–H groups in total. The number of nitrogens with zero attached hydrogens (tertiary/aromatic N) is 1. The Morgan fingerprint density at radius 1 is 1.47 bits per heavy atom. The molecule has 0 atom stereocenters. The van der Waals surface area contributed by atoms with Crippen LogP contribution in [0.15, 0.2) is 0 Å². The van der Waals surface area contributed by atoms with Crippen molar-refractivity contribution in [3.8, 4) is 0 Å². The number of rotatable bonds is 6. The Morgan fingerprint density at radius 3 is 2.65 bits per heavy atom. The van der Waals surface area contributed by atoms with Crippen LogP contribution >= 0.6 is 0 Å². The summed E-state index contributed by atoms with van der Waals surface area (Å²) < 4.78 is 10.9. The molecule has 0 aromatic heterocycles. The molecule has 1 heterocycles. The minimum Gasteiger partial charge on any atom is -0.480 e. The quantitative estimate of drug-likeness (QED) is 0.745. The van der Waals surface area contributed by atoms with Crippen LogP contribution in [0.3, 0.4) is 0 Å². The molecule has 1 aliphatic heterocycles. The van der Waals surface area contributed by atoms with Crippen molar-refractivity contribution < 1.29 is 19.4 Å². The van der Waals surface area contributed by atoms with Crippen LogP contribution in [0.2, 0.25) is 0 Å². The monoisotopic (exact) mass is 243 g/mol. The summed E-state index contributed by atoms with van der Waals surface area (Å²) in [5, 5.41) is 8.57. The normalized spacial score (nSPS) is 31.6. The van der Waals surface area contributed by atoms with Gasteiger partial charge in [-0.3, -0.25) is 4.90 Å². The minimum atomic E-state index is -0.898. The Hall–Kier alpha value is -0.650. The predicted octanol–water partition coefficient (Wildman–Crippen LogP) is 0.729. The molecular weight excluding hydrogens is 222 g/mol. The summed E-state index contributed by atoms with van der Waals surface area (Å²) in [6.07, 6.45) is 2.63. The smallest absolute Gasteiger partial charge is 0.329 e. The maximum Gasteiger partial charge on any atom is 0.329 e. The third kappa shape index (κ3) is 2.97. The molecule has 2 fully saturated rings. The molecule has 98 valence electrons. The van der Waals surface area contributed by atoms with Crippen molar-refractivity contribution in [3.05, 3.63) is 0 Å². The first kappa shape index (κ1) is 12.8. The van der Waals surface area contributed by atoms with Crippen LogP contribution < -0.4 is 0 Å². The van der Waals surface area contributed by atoms with E-state index in [1.54, 1.807) is 0 Å². The highest BCUT2D eigenvalue weighted by atomic mass is 16.5. The highest BCUT2D eigenvalue weighted by Gasteiger charge is 2.46. The van der Waals surface area contributed by atoms with Crippen LogP contribution in [-0.4, -0.2) is 60.0 Å². The molecule has 0 bridgehead atoms. The van der Waals surface area contributed by atoms with Crippen LogP contribution in [0, 0.1) is 0 Å². The molecule has 1 aliphatic carbocycles. The average molecular weight is 243 g/mol. The lowest BCUT2D eigenvalue weighted by Gasteiger charge is -2.54. The van der Waals surface area contributed by atoms with Crippen LogP contribution in [0.4, 0.5) is 0 Å². The first-order valence-corrected chi connectivity index (χ1v) is 6.24. The Kier molecular flexibility index (Phi) is 3.70. The predicted molar refractivity (Wildman–Crippen MR) is 62.0 cm³/mol.